The van der Waals surface area contributed by atoms with Crippen molar-refractivity contribution in [2.24, 2.45) is 0 Å². The largest absolute Gasteiger partial charge is 0.315 e. The lowest BCUT2D eigenvalue weighted by Crippen LogP contribution is -2.18. The van der Waals surface area contributed by atoms with E-state index in [4.69, 9.17) is 0 Å². The van der Waals surface area contributed by atoms with Crippen LogP contribution in [0.3, 0.4) is 0 Å². The average Bonchev–Trinajstić information content (AvgIpc) is 2.85. The van der Waals surface area contributed by atoms with Crippen molar-refractivity contribution in [1.82, 2.24) is 9.55 Å². The molecule has 1 aliphatic rings. The number of fused-ring (bicyclic) bond motifs is 1. The van der Waals surface area contributed by atoms with E-state index in [0.717, 1.165) is 31.6 Å². The molecule has 1 N–H and O–H groups in total. The highest BCUT2D eigenvalue weighted by atomic mass is 19.1. The number of imidazole rings is 1. The van der Waals surface area contributed by atoms with Gasteiger partial charge in [0.15, 0.2) is 0 Å². The molecule has 4 nitrogen and oxygen atoms in total. The number of anilines is 1. The lowest BCUT2D eigenvalue weighted by atomic mass is 10.1. The van der Waals surface area contributed by atoms with Gasteiger partial charge in [0.25, 0.3) is 5.91 Å². The summed E-state index contributed by atoms with van der Waals surface area (Å²) < 4.78 is 15.3. The van der Waals surface area contributed by atoms with Crippen molar-refractivity contribution in [2.45, 2.75) is 32.7 Å². The molecule has 0 radical (unpaired) electrons. The van der Waals surface area contributed by atoms with E-state index in [1.54, 1.807) is 19.2 Å². The third kappa shape index (κ3) is 2.31. The molecule has 5 heteroatoms. The number of carbonyl (C=O) groups is 1. The van der Waals surface area contributed by atoms with Crippen molar-refractivity contribution >= 4 is 11.7 Å². The van der Waals surface area contributed by atoms with Crippen molar-refractivity contribution in [1.29, 1.82) is 0 Å². The highest BCUT2D eigenvalue weighted by Gasteiger charge is 2.16. The Kier molecular flexibility index (Phi) is 3.26. The summed E-state index contributed by atoms with van der Waals surface area (Å²) in [5.41, 5.74) is 0.920. The fourth-order valence-corrected chi connectivity index (χ4v) is 2.49. The number of amides is 1. The molecule has 0 spiro atoms. The maximum atomic E-state index is 13.2. The number of aryl methyl sites for hydroxylation is 2. The second kappa shape index (κ2) is 5.07. The molecule has 1 aliphatic heterocycles. The standard InChI is InChI=1S/C15H16FN3O/c1-10-8-11(5-6-12(10)16)15(20)18-14-9-17-13-4-2-3-7-19(13)14/h5-6,8-9H,2-4,7H2,1H3,(H,18,20). The summed E-state index contributed by atoms with van der Waals surface area (Å²) >= 11 is 0. The van der Waals surface area contributed by atoms with E-state index in [1.807, 2.05) is 4.57 Å². The van der Waals surface area contributed by atoms with Gasteiger partial charge in [0.05, 0.1) is 6.20 Å². The molecular weight excluding hydrogens is 257 g/mol. The van der Waals surface area contributed by atoms with E-state index in [1.165, 1.54) is 12.1 Å². The number of benzene rings is 1. The molecule has 0 saturated heterocycles. The zero-order valence-electron chi connectivity index (χ0n) is 11.3. The maximum Gasteiger partial charge on any atom is 0.256 e. The van der Waals surface area contributed by atoms with Crippen molar-refractivity contribution in [3.8, 4) is 0 Å². The van der Waals surface area contributed by atoms with Crippen LogP contribution in [0.15, 0.2) is 24.4 Å². The van der Waals surface area contributed by atoms with Crippen LogP contribution in [-0.2, 0) is 13.0 Å². The molecule has 0 unspecified atom stereocenters. The summed E-state index contributed by atoms with van der Waals surface area (Å²) in [6.07, 6.45) is 4.88. The van der Waals surface area contributed by atoms with Gasteiger partial charge in [0.2, 0.25) is 0 Å². The summed E-state index contributed by atoms with van der Waals surface area (Å²) in [5.74, 6) is 1.19. The second-order valence-corrected chi connectivity index (χ2v) is 5.09. The number of hydrogen-bond donors (Lipinski definition) is 1. The van der Waals surface area contributed by atoms with Gasteiger partial charge in [-0.05, 0) is 43.5 Å². The summed E-state index contributed by atoms with van der Waals surface area (Å²) in [6.45, 7) is 2.53. The predicted octanol–water partition coefficient (Wildman–Crippen LogP) is 2.92. The van der Waals surface area contributed by atoms with Crippen LogP contribution < -0.4 is 5.32 Å². The Balaban J connectivity index is 1.82. The minimum absolute atomic E-state index is 0.235. The smallest absolute Gasteiger partial charge is 0.256 e. The van der Waals surface area contributed by atoms with Crippen molar-refractivity contribution in [3.05, 3.63) is 47.2 Å². The zero-order valence-corrected chi connectivity index (χ0v) is 11.3. The summed E-state index contributed by atoms with van der Waals surface area (Å²) in [6, 6.07) is 4.36. The van der Waals surface area contributed by atoms with Crippen LogP contribution in [0.4, 0.5) is 10.2 Å². The van der Waals surface area contributed by atoms with Crippen molar-refractivity contribution < 1.29 is 9.18 Å². The van der Waals surface area contributed by atoms with Crippen LogP contribution in [0.5, 0.6) is 0 Å². The Morgan fingerprint density at radius 1 is 1.40 bits per heavy atom. The molecule has 0 fully saturated rings. The molecule has 0 aliphatic carbocycles. The Morgan fingerprint density at radius 2 is 2.25 bits per heavy atom. The van der Waals surface area contributed by atoms with E-state index in [-0.39, 0.29) is 11.7 Å². The minimum atomic E-state index is -0.303. The molecular formula is C15H16FN3O. The van der Waals surface area contributed by atoms with Gasteiger partial charge in [-0.15, -0.1) is 0 Å². The SMILES string of the molecule is Cc1cc(C(=O)Nc2cnc3n2CCCC3)ccc1F. The second-order valence-electron chi connectivity index (χ2n) is 5.09. The highest BCUT2D eigenvalue weighted by molar-refractivity contribution is 6.03. The number of nitrogens with zero attached hydrogens (tertiary/aromatic N) is 2. The Bertz CT molecular complexity index is 663. The molecule has 0 saturated carbocycles. The Hall–Kier alpha value is -2.17. The molecule has 1 aromatic carbocycles. The molecule has 20 heavy (non-hydrogen) atoms. The predicted molar refractivity (Wildman–Crippen MR) is 74.3 cm³/mol. The maximum absolute atomic E-state index is 13.2. The van der Waals surface area contributed by atoms with E-state index < -0.39 is 0 Å². The minimum Gasteiger partial charge on any atom is -0.315 e. The van der Waals surface area contributed by atoms with Gasteiger partial charge in [-0.1, -0.05) is 0 Å². The van der Waals surface area contributed by atoms with E-state index in [2.05, 4.69) is 10.3 Å². The first kappa shape index (κ1) is 12.8. The number of nitrogens with one attached hydrogen (secondary N) is 1. The molecule has 1 aromatic heterocycles. The van der Waals surface area contributed by atoms with Crippen LogP contribution in [0.2, 0.25) is 0 Å². The van der Waals surface area contributed by atoms with Gasteiger partial charge < -0.3 is 9.88 Å². The van der Waals surface area contributed by atoms with E-state index >= 15 is 0 Å². The first-order chi connectivity index (χ1) is 9.65. The van der Waals surface area contributed by atoms with Crippen LogP contribution in [0.1, 0.15) is 34.6 Å². The first-order valence-electron chi connectivity index (χ1n) is 6.77. The number of hydrogen-bond acceptors (Lipinski definition) is 2. The fourth-order valence-electron chi connectivity index (χ4n) is 2.49. The lowest BCUT2D eigenvalue weighted by molar-refractivity contribution is 0.102. The highest BCUT2D eigenvalue weighted by Crippen LogP contribution is 2.20. The number of rotatable bonds is 2. The van der Waals surface area contributed by atoms with E-state index in [9.17, 15) is 9.18 Å². The van der Waals surface area contributed by atoms with Crippen molar-refractivity contribution in [3.63, 3.8) is 0 Å². The molecule has 3 rings (SSSR count). The summed E-state index contributed by atoms with van der Waals surface area (Å²) in [4.78, 5) is 16.5. The number of carbonyl (C=O) groups excluding carboxylic acids is 1. The molecule has 0 bridgehead atoms. The van der Waals surface area contributed by atoms with Gasteiger partial charge >= 0.3 is 0 Å². The normalized spacial score (nSPS) is 13.9. The first-order valence-corrected chi connectivity index (χ1v) is 6.77. The van der Waals surface area contributed by atoms with Crippen molar-refractivity contribution in [2.75, 3.05) is 5.32 Å². The summed E-state index contributed by atoms with van der Waals surface area (Å²) in [7, 11) is 0. The number of halogens is 1. The fraction of sp³-hybridized carbons (Fsp3) is 0.333. The van der Waals surface area contributed by atoms with Gasteiger partial charge in [0, 0.05) is 18.5 Å². The molecule has 0 atom stereocenters. The van der Waals surface area contributed by atoms with Gasteiger partial charge in [0.1, 0.15) is 17.5 Å². The van der Waals surface area contributed by atoms with Crippen LogP contribution in [-0.4, -0.2) is 15.5 Å². The Morgan fingerprint density at radius 3 is 3.05 bits per heavy atom. The number of aromatic nitrogens is 2. The van der Waals surface area contributed by atoms with Crippen LogP contribution in [0.25, 0.3) is 0 Å². The third-order valence-electron chi connectivity index (χ3n) is 3.63. The zero-order chi connectivity index (χ0) is 14.1. The quantitative estimate of drug-likeness (QED) is 0.914. The van der Waals surface area contributed by atoms with Crippen LogP contribution in [0, 0.1) is 12.7 Å². The van der Waals surface area contributed by atoms with Gasteiger partial charge in [-0.25, -0.2) is 9.37 Å². The van der Waals surface area contributed by atoms with Crippen LogP contribution >= 0.6 is 0 Å². The van der Waals surface area contributed by atoms with E-state index in [0.29, 0.717) is 16.9 Å². The lowest BCUT2D eigenvalue weighted by Gasteiger charge is -2.16. The topological polar surface area (TPSA) is 46.9 Å². The summed E-state index contributed by atoms with van der Waals surface area (Å²) in [5, 5.41) is 2.85. The van der Waals surface area contributed by atoms with Gasteiger partial charge in [-0.2, -0.15) is 0 Å². The molecule has 104 valence electrons. The van der Waals surface area contributed by atoms with Gasteiger partial charge in [-0.3, -0.25) is 4.79 Å². The molecule has 1 amide bonds. The molecule has 2 aromatic rings. The third-order valence-corrected chi connectivity index (χ3v) is 3.63. The molecule has 2 heterocycles. The Labute approximate surface area is 116 Å². The average molecular weight is 273 g/mol. The monoisotopic (exact) mass is 273 g/mol.